The van der Waals surface area contributed by atoms with Gasteiger partial charge in [-0.2, -0.15) is 5.10 Å². The fourth-order valence-electron chi connectivity index (χ4n) is 1.13. The molecule has 2 aromatic rings. The van der Waals surface area contributed by atoms with Crippen molar-refractivity contribution in [3.63, 3.8) is 0 Å². The smallest absolute Gasteiger partial charge is 0.0679 e. The number of aromatic nitrogens is 2. The van der Waals surface area contributed by atoms with E-state index >= 15 is 0 Å². The van der Waals surface area contributed by atoms with E-state index in [1.165, 1.54) is 5.39 Å². The Hall–Kier alpha value is -0.830. The summed E-state index contributed by atoms with van der Waals surface area (Å²) in [6, 6.07) is 6.12. The van der Waals surface area contributed by atoms with Crippen LogP contribution in [0.25, 0.3) is 10.9 Å². The van der Waals surface area contributed by atoms with Crippen molar-refractivity contribution in [3.05, 3.63) is 28.9 Å². The summed E-state index contributed by atoms with van der Waals surface area (Å²) in [5.41, 5.74) is 1.16. The lowest BCUT2D eigenvalue weighted by Gasteiger charge is -1.92. The molecular formula is C10H13BrN2. The van der Waals surface area contributed by atoms with Gasteiger partial charge in [0, 0.05) is 16.9 Å². The van der Waals surface area contributed by atoms with Crippen molar-refractivity contribution in [2.24, 2.45) is 7.05 Å². The van der Waals surface area contributed by atoms with E-state index in [4.69, 9.17) is 0 Å². The number of fused-ring (bicyclic) bond motifs is 1. The maximum atomic E-state index is 4.13. The third-order valence-electron chi connectivity index (χ3n) is 1.71. The van der Waals surface area contributed by atoms with Crippen LogP contribution in [0.2, 0.25) is 0 Å². The SMILES string of the molecule is CC.Cn1ncc2cc(Br)ccc21. The molecule has 1 aromatic heterocycles. The molecule has 70 valence electrons. The Morgan fingerprint density at radius 2 is 2.00 bits per heavy atom. The summed E-state index contributed by atoms with van der Waals surface area (Å²) in [5.74, 6) is 0. The van der Waals surface area contributed by atoms with E-state index in [2.05, 4.69) is 27.1 Å². The maximum absolute atomic E-state index is 4.13. The average molecular weight is 241 g/mol. The topological polar surface area (TPSA) is 17.8 Å². The number of benzene rings is 1. The highest BCUT2D eigenvalue weighted by Gasteiger charge is 1.97. The van der Waals surface area contributed by atoms with E-state index in [1.54, 1.807) is 0 Å². The van der Waals surface area contributed by atoms with Crippen molar-refractivity contribution in [2.75, 3.05) is 0 Å². The number of rotatable bonds is 0. The molecule has 1 aromatic carbocycles. The molecule has 0 bridgehead atoms. The summed E-state index contributed by atoms with van der Waals surface area (Å²) in [4.78, 5) is 0. The molecule has 0 unspecified atom stereocenters. The standard InChI is InChI=1S/C8H7BrN2.C2H6/c1-11-8-3-2-7(9)4-6(8)5-10-11;1-2/h2-5H,1H3;1-2H3. The predicted octanol–water partition coefficient (Wildman–Crippen LogP) is 3.36. The van der Waals surface area contributed by atoms with E-state index in [0.717, 1.165) is 9.99 Å². The third-order valence-corrected chi connectivity index (χ3v) is 2.20. The van der Waals surface area contributed by atoms with Crippen molar-refractivity contribution >= 4 is 26.8 Å². The molecule has 0 atom stereocenters. The number of aryl methyl sites for hydroxylation is 1. The first-order valence-corrected chi connectivity index (χ1v) is 5.14. The fraction of sp³-hybridized carbons (Fsp3) is 0.300. The quantitative estimate of drug-likeness (QED) is 0.691. The van der Waals surface area contributed by atoms with Crippen LogP contribution in [0.5, 0.6) is 0 Å². The number of hydrogen-bond acceptors (Lipinski definition) is 1. The number of hydrogen-bond donors (Lipinski definition) is 0. The first-order valence-electron chi connectivity index (χ1n) is 4.34. The van der Waals surface area contributed by atoms with Crippen LogP contribution < -0.4 is 0 Å². The van der Waals surface area contributed by atoms with Crippen LogP contribution in [-0.4, -0.2) is 9.78 Å². The lowest BCUT2D eigenvalue weighted by Crippen LogP contribution is -1.87. The molecule has 0 fully saturated rings. The molecule has 0 amide bonds. The van der Waals surface area contributed by atoms with E-state index in [0.29, 0.717) is 0 Å². The zero-order valence-electron chi connectivity index (χ0n) is 8.08. The molecule has 0 aliphatic heterocycles. The van der Waals surface area contributed by atoms with Gasteiger partial charge in [-0.15, -0.1) is 0 Å². The second kappa shape index (κ2) is 4.42. The van der Waals surface area contributed by atoms with E-state index in [9.17, 15) is 0 Å². The highest BCUT2D eigenvalue weighted by molar-refractivity contribution is 9.10. The van der Waals surface area contributed by atoms with Gasteiger partial charge < -0.3 is 0 Å². The molecule has 3 heteroatoms. The molecule has 0 radical (unpaired) electrons. The van der Waals surface area contributed by atoms with Gasteiger partial charge >= 0.3 is 0 Å². The Morgan fingerprint density at radius 1 is 1.31 bits per heavy atom. The minimum absolute atomic E-state index is 1.10. The predicted molar refractivity (Wildman–Crippen MR) is 59.8 cm³/mol. The van der Waals surface area contributed by atoms with Crippen molar-refractivity contribution < 1.29 is 0 Å². The Kier molecular flexibility index (Phi) is 3.48. The average Bonchev–Trinajstić information content (AvgIpc) is 2.51. The molecule has 0 saturated heterocycles. The monoisotopic (exact) mass is 240 g/mol. The first-order chi connectivity index (χ1) is 6.27. The molecule has 2 rings (SSSR count). The number of nitrogens with zero attached hydrogens (tertiary/aromatic N) is 2. The van der Waals surface area contributed by atoms with Gasteiger partial charge in [0.25, 0.3) is 0 Å². The lowest BCUT2D eigenvalue weighted by molar-refractivity contribution is 0.797. The Morgan fingerprint density at radius 3 is 2.69 bits per heavy atom. The lowest BCUT2D eigenvalue weighted by atomic mass is 10.3. The largest absolute Gasteiger partial charge is 0.268 e. The van der Waals surface area contributed by atoms with Crippen LogP contribution in [0.15, 0.2) is 28.9 Å². The summed E-state index contributed by atoms with van der Waals surface area (Å²) >= 11 is 3.40. The van der Waals surface area contributed by atoms with Crippen molar-refractivity contribution in [2.45, 2.75) is 13.8 Å². The van der Waals surface area contributed by atoms with Crippen LogP contribution >= 0.6 is 15.9 Å². The van der Waals surface area contributed by atoms with Gasteiger partial charge in [0.05, 0.1) is 11.7 Å². The zero-order valence-corrected chi connectivity index (χ0v) is 9.67. The molecule has 0 N–H and O–H groups in total. The van der Waals surface area contributed by atoms with Crippen molar-refractivity contribution in [1.29, 1.82) is 0 Å². The van der Waals surface area contributed by atoms with Crippen LogP contribution in [0, 0.1) is 0 Å². The van der Waals surface area contributed by atoms with Gasteiger partial charge in [0.15, 0.2) is 0 Å². The third kappa shape index (κ3) is 2.10. The van der Waals surface area contributed by atoms with Gasteiger partial charge in [-0.05, 0) is 18.2 Å². The molecule has 13 heavy (non-hydrogen) atoms. The summed E-state index contributed by atoms with van der Waals surface area (Å²) in [7, 11) is 1.94. The summed E-state index contributed by atoms with van der Waals surface area (Å²) in [6.45, 7) is 4.00. The van der Waals surface area contributed by atoms with E-state index in [-0.39, 0.29) is 0 Å². The van der Waals surface area contributed by atoms with Crippen LogP contribution in [-0.2, 0) is 7.05 Å². The van der Waals surface area contributed by atoms with Gasteiger partial charge in [-0.3, -0.25) is 4.68 Å². The van der Waals surface area contributed by atoms with Crippen molar-refractivity contribution in [1.82, 2.24) is 9.78 Å². The van der Waals surface area contributed by atoms with Crippen LogP contribution in [0.4, 0.5) is 0 Å². The fourth-order valence-corrected chi connectivity index (χ4v) is 1.51. The van der Waals surface area contributed by atoms with E-state index in [1.807, 2.05) is 43.9 Å². The Balaban J connectivity index is 0.000000396. The Labute approximate surface area is 86.7 Å². The minimum Gasteiger partial charge on any atom is -0.268 e. The van der Waals surface area contributed by atoms with Gasteiger partial charge in [0.2, 0.25) is 0 Å². The number of halogens is 1. The maximum Gasteiger partial charge on any atom is 0.0679 e. The summed E-state index contributed by atoms with van der Waals surface area (Å²) < 4.78 is 2.96. The minimum atomic E-state index is 1.10. The van der Waals surface area contributed by atoms with E-state index < -0.39 is 0 Å². The van der Waals surface area contributed by atoms with Crippen molar-refractivity contribution in [3.8, 4) is 0 Å². The van der Waals surface area contributed by atoms with Gasteiger partial charge in [-0.25, -0.2) is 0 Å². The van der Waals surface area contributed by atoms with Crippen LogP contribution in [0.3, 0.4) is 0 Å². The van der Waals surface area contributed by atoms with Gasteiger partial charge in [-0.1, -0.05) is 29.8 Å². The Bertz CT molecular complexity index is 393. The molecular weight excluding hydrogens is 228 g/mol. The normalized spacial score (nSPS) is 9.54. The highest BCUT2D eigenvalue weighted by atomic mass is 79.9. The zero-order chi connectivity index (χ0) is 9.84. The highest BCUT2D eigenvalue weighted by Crippen LogP contribution is 2.18. The second-order valence-electron chi connectivity index (χ2n) is 2.47. The second-order valence-corrected chi connectivity index (χ2v) is 3.39. The summed E-state index contributed by atoms with van der Waals surface area (Å²) in [5, 5.41) is 5.30. The molecule has 1 heterocycles. The molecule has 0 aliphatic rings. The molecule has 0 aliphatic carbocycles. The molecule has 2 nitrogen and oxygen atoms in total. The molecule has 0 saturated carbocycles. The summed E-state index contributed by atoms with van der Waals surface area (Å²) in [6.07, 6.45) is 1.86. The van der Waals surface area contributed by atoms with Gasteiger partial charge in [0.1, 0.15) is 0 Å². The van der Waals surface area contributed by atoms with Crippen LogP contribution in [0.1, 0.15) is 13.8 Å². The molecule has 0 spiro atoms. The first kappa shape index (κ1) is 10.3.